The van der Waals surface area contributed by atoms with Gasteiger partial charge in [0.2, 0.25) is 6.79 Å². The average Bonchev–Trinajstić information content (AvgIpc) is 3.37. The molecule has 25 heavy (non-hydrogen) atoms. The van der Waals surface area contributed by atoms with Gasteiger partial charge in [-0.25, -0.2) is 4.98 Å². The Morgan fingerprint density at radius 1 is 1.32 bits per heavy atom. The number of fused-ring (bicyclic) bond motifs is 1. The Morgan fingerprint density at radius 3 is 3.08 bits per heavy atom. The van der Waals surface area contributed by atoms with Crippen LogP contribution in [0.25, 0.3) is 0 Å². The minimum absolute atomic E-state index is 0.0754. The summed E-state index contributed by atoms with van der Waals surface area (Å²) in [5, 5.41) is 3.65. The molecule has 3 atom stereocenters. The van der Waals surface area contributed by atoms with Crippen LogP contribution in [0.1, 0.15) is 43.8 Å². The molecule has 2 aromatic rings. The molecule has 6 nitrogen and oxygen atoms in total. The predicted molar refractivity (Wildman–Crippen MR) is 93.7 cm³/mol. The molecule has 3 heterocycles. The van der Waals surface area contributed by atoms with Gasteiger partial charge in [-0.05, 0) is 38.0 Å². The van der Waals surface area contributed by atoms with Gasteiger partial charge < -0.3 is 24.1 Å². The summed E-state index contributed by atoms with van der Waals surface area (Å²) in [5.41, 5.74) is 1.20. The number of nitrogens with zero attached hydrogens (tertiary/aromatic N) is 2. The van der Waals surface area contributed by atoms with E-state index in [9.17, 15) is 0 Å². The summed E-state index contributed by atoms with van der Waals surface area (Å²) in [6.07, 6.45) is 5.02. The number of rotatable bonds is 6. The van der Waals surface area contributed by atoms with Crippen molar-refractivity contribution in [2.24, 2.45) is 5.92 Å². The summed E-state index contributed by atoms with van der Waals surface area (Å²) in [5.74, 6) is 3.14. The normalized spacial score (nSPS) is 23.1. The lowest BCUT2D eigenvalue weighted by molar-refractivity contribution is 0.0799. The van der Waals surface area contributed by atoms with Crippen molar-refractivity contribution in [1.29, 1.82) is 0 Å². The molecule has 1 fully saturated rings. The highest BCUT2D eigenvalue weighted by molar-refractivity contribution is 5.45. The van der Waals surface area contributed by atoms with Crippen LogP contribution in [0, 0.1) is 5.92 Å². The van der Waals surface area contributed by atoms with E-state index in [1.54, 1.807) is 0 Å². The lowest BCUT2D eigenvalue weighted by Crippen LogP contribution is -2.28. The lowest BCUT2D eigenvalue weighted by atomic mass is 9.99. The highest BCUT2D eigenvalue weighted by atomic mass is 16.7. The van der Waals surface area contributed by atoms with Crippen molar-refractivity contribution in [3.63, 3.8) is 0 Å². The van der Waals surface area contributed by atoms with Crippen LogP contribution in [0.15, 0.2) is 30.6 Å². The topological polar surface area (TPSA) is 57.5 Å². The van der Waals surface area contributed by atoms with Gasteiger partial charge in [-0.1, -0.05) is 6.07 Å². The van der Waals surface area contributed by atoms with Gasteiger partial charge in [-0.2, -0.15) is 0 Å². The van der Waals surface area contributed by atoms with Crippen LogP contribution in [-0.4, -0.2) is 29.5 Å². The van der Waals surface area contributed by atoms with E-state index in [4.69, 9.17) is 14.2 Å². The number of imidazole rings is 1. The zero-order valence-electron chi connectivity index (χ0n) is 14.8. The van der Waals surface area contributed by atoms with Crippen LogP contribution >= 0.6 is 0 Å². The molecule has 0 spiro atoms. The zero-order valence-corrected chi connectivity index (χ0v) is 14.8. The Labute approximate surface area is 148 Å². The highest BCUT2D eigenvalue weighted by Crippen LogP contribution is 2.35. The van der Waals surface area contributed by atoms with Crippen LogP contribution in [0.5, 0.6) is 11.5 Å². The molecular formula is C19H25N3O3. The summed E-state index contributed by atoms with van der Waals surface area (Å²) < 4.78 is 19.0. The molecule has 0 bridgehead atoms. The quantitative estimate of drug-likeness (QED) is 0.873. The molecule has 0 amide bonds. The second kappa shape index (κ2) is 7.06. The van der Waals surface area contributed by atoms with E-state index in [0.29, 0.717) is 12.7 Å². The van der Waals surface area contributed by atoms with Crippen molar-refractivity contribution in [2.45, 2.75) is 39.0 Å². The van der Waals surface area contributed by atoms with Gasteiger partial charge >= 0.3 is 0 Å². The summed E-state index contributed by atoms with van der Waals surface area (Å²) in [7, 11) is 0. The van der Waals surface area contributed by atoms with E-state index in [-0.39, 0.29) is 12.1 Å². The number of aromatic nitrogens is 2. The second-order valence-electron chi connectivity index (χ2n) is 6.65. The first kappa shape index (κ1) is 16.4. The van der Waals surface area contributed by atoms with Crippen LogP contribution in [0.4, 0.5) is 0 Å². The molecule has 1 aromatic carbocycles. The third-order valence-corrected chi connectivity index (χ3v) is 5.14. The second-order valence-corrected chi connectivity index (χ2v) is 6.65. The third kappa shape index (κ3) is 3.24. The summed E-state index contributed by atoms with van der Waals surface area (Å²) in [6.45, 7) is 7.24. The van der Waals surface area contributed by atoms with E-state index in [1.807, 2.05) is 18.5 Å². The SMILES string of the molecule is CCn1ccnc1[C@@H]1OCC[C@H]1CNC(C)c1ccc2c(c1)OCO2. The van der Waals surface area contributed by atoms with Crippen molar-refractivity contribution in [3.05, 3.63) is 42.0 Å². The first-order valence-corrected chi connectivity index (χ1v) is 9.02. The maximum atomic E-state index is 5.99. The van der Waals surface area contributed by atoms with Crippen LogP contribution in [-0.2, 0) is 11.3 Å². The molecule has 0 radical (unpaired) electrons. The molecule has 2 aliphatic rings. The first-order valence-electron chi connectivity index (χ1n) is 9.02. The van der Waals surface area contributed by atoms with Crippen LogP contribution in [0.2, 0.25) is 0 Å². The Hall–Kier alpha value is -2.05. The number of nitrogens with one attached hydrogen (secondary N) is 1. The Bertz CT molecular complexity index is 730. The van der Waals surface area contributed by atoms with E-state index in [1.165, 1.54) is 5.56 Å². The van der Waals surface area contributed by atoms with Gasteiger partial charge in [0, 0.05) is 44.0 Å². The maximum Gasteiger partial charge on any atom is 0.231 e. The van der Waals surface area contributed by atoms with Crippen LogP contribution < -0.4 is 14.8 Å². The van der Waals surface area contributed by atoms with Crippen molar-refractivity contribution in [3.8, 4) is 11.5 Å². The first-order chi connectivity index (χ1) is 12.3. The number of hydrogen-bond donors (Lipinski definition) is 1. The largest absolute Gasteiger partial charge is 0.454 e. The number of hydrogen-bond acceptors (Lipinski definition) is 5. The number of ether oxygens (including phenoxy) is 3. The van der Waals surface area contributed by atoms with Gasteiger partial charge in [0.15, 0.2) is 11.5 Å². The predicted octanol–water partition coefficient (Wildman–Crippen LogP) is 3.06. The van der Waals surface area contributed by atoms with Crippen molar-refractivity contribution < 1.29 is 14.2 Å². The minimum Gasteiger partial charge on any atom is -0.454 e. The van der Waals surface area contributed by atoms with Crippen molar-refractivity contribution in [1.82, 2.24) is 14.9 Å². The smallest absolute Gasteiger partial charge is 0.231 e. The van der Waals surface area contributed by atoms with Gasteiger partial charge in [-0.3, -0.25) is 0 Å². The lowest BCUT2D eigenvalue weighted by Gasteiger charge is -2.22. The van der Waals surface area contributed by atoms with Gasteiger partial charge in [-0.15, -0.1) is 0 Å². The molecule has 1 saturated heterocycles. The highest BCUT2D eigenvalue weighted by Gasteiger charge is 2.32. The summed E-state index contributed by atoms with van der Waals surface area (Å²) >= 11 is 0. The van der Waals surface area contributed by atoms with Crippen LogP contribution in [0.3, 0.4) is 0 Å². The van der Waals surface area contributed by atoms with E-state index in [2.05, 4.69) is 40.8 Å². The van der Waals surface area contributed by atoms with Crippen molar-refractivity contribution in [2.75, 3.05) is 19.9 Å². The number of aryl methyl sites for hydroxylation is 1. The van der Waals surface area contributed by atoms with E-state index in [0.717, 1.165) is 43.4 Å². The van der Waals surface area contributed by atoms with Gasteiger partial charge in [0.25, 0.3) is 0 Å². The molecular weight excluding hydrogens is 318 g/mol. The monoisotopic (exact) mass is 343 g/mol. The van der Waals surface area contributed by atoms with E-state index < -0.39 is 0 Å². The minimum atomic E-state index is 0.0754. The molecule has 0 aliphatic carbocycles. The van der Waals surface area contributed by atoms with Gasteiger partial charge in [0.1, 0.15) is 11.9 Å². The fourth-order valence-electron chi connectivity index (χ4n) is 3.60. The molecule has 6 heteroatoms. The third-order valence-electron chi connectivity index (χ3n) is 5.14. The standard InChI is InChI=1S/C19H25N3O3/c1-3-22-8-7-20-19(22)18-15(6-9-23-18)11-21-13(2)14-4-5-16-17(10-14)25-12-24-16/h4-5,7-8,10,13,15,18,21H,3,6,9,11-12H2,1-2H3/t13?,15-,18+/m0/s1. The fourth-order valence-corrected chi connectivity index (χ4v) is 3.60. The summed E-state index contributed by atoms with van der Waals surface area (Å²) in [6, 6.07) is 6.38. The van der Waals surface area contributed by atoms with Crippen molar-refractivity contribution >= 4 is 0 Å². The average molecular weight is 343 g/mol. The number of benzene rings is 1. The molecule has 4 rings (SSSR count). The molecule has 1 aromatic heterocycles. The Kier molecular flexibility index (Phi) is 4.63. The molecule has 0 saturated carbocycles. The maximum absolute atomic E-state index is 5.99. The molecule has 1 N–H and O–H groups in total. The zero-order chi connectivity index (χ0) is 17.2. The Morgan fingerprint density at radius 2 is 2.20 bits per heavy atom. The Balaban J connectivity index is 1.40. The fraction of sp³-hybridized carbons (Fsp3) is 0.526. The molecule has 1 unspecified atom stereocenters. The summed E-state index contributed by atoms with van der Waals surface area (Å²) in [4.78, 5) is 4.52. The van der Waals surface area contributed by atoms with Gasteiger partial charge in [0.05, 0.1) is 0 Å². The van der Waals surface area contributed by atoms with E-state index >= 15 is 0 Å². The molecule has 134 valence electrons. The molecule has 2 aliphatic heterocycles.